The molecule has 5 nitrogen and oxygen atoms in total. The second-order valence-electron chi connectivity index (χ2n) is 10.6. The second kappa shape index (κ2) is 14.6. The number of fused-ring (bicyclic) bond motifs is 1. The smallest absolute Gasteiger partial charge is 0.368 e. The summed E-state index contributed by atoms with van der Waals surface area (Å²) < 4.78 is 71.2. The number of rotatable bonds is 8. The monoisotopic (exact) mass is 632 g/mol. The van der Waals surface area contributed by atoms with Crippen LogP contribution in [0, 0.1) is 11.8 Å². The first-order valence-electron chi connectivity index (χ1n) is 14.6. The van der Waals surface area contributed by atoms with E-state index in [1.165, 1.54) is 23.9 Å². The minimum Gasteiger partial charge on any atom is -0.368 e. The molecule has 0 aliphatic carbocycles. The Hall–Kier alpha value is -3.62. The molecule has 2 fully saturated rings. The van der Waals surface area contributed by atoms with E-state index in [9.17, 15) is 13.2 Å². The Morgan fingerprint density at radius 1 is 0.756 bits per heavy atom. The number of benzene rings is 4. The van der Waals surface area contributed by atoms with E-state index in [2.05, 4.69) is 11.8 Å². The Labute approximate surface area is 264 Å². The Morgan fingerprint density at radius 3 is 2.11 bits per heavy atom. The van der Waals surface area contributed by atoms with E-state index in [1.54, 1.807) is 0 Å². The molecule has 0 unspecified atom stereocenters. The molecular formula is C36H31F3O5S. The first-order chi connectivity index (χ1) is 21.9. The molecule has 0 amide bonds. The van der Waals surface area contributed by atoms with Gasteiger partial charge in [0.25, 0.3) is 0 Å². The fourth-order valence-corrected chi connectivity index (χ4v) is 6.35. The van der Waals surface area contributed by atoms with Crippen molar-refractivity contribution in [3.8, 4) is 11.8 Å². The van der Waals surface area contributed by atoms with Crippen molar-refractivity contribution >= 4 is 11.8 Å². The van der Waals surface area contributed by atoms with Crippen LogP contribution in [-0.2, 0) is 36.5 Å². The second-order valence-corrected chi connectivity index (χ2v) is 11.7. The minimum absolute atomic E-state index is 0.00208. The van der Waals surface area contributed by atoms with E-state index in [4.69, 9.17) is 23.7 Å². The van der Waals surface area contributed by atoms with E-state index in [0.29, 0.717) is 18.8 Å². The molecule has 45 heavy (non-hydrogen) atoms. The average molecular weight is 633 g/mol. The van der Waals surface area contributed by atoms with E-state index in [-0.39, 0.29) is 6.61 Å². The highest BCUT2D eigenvalue weighted by Crippen LogP contribution is 2.41. The van der Waals surface area contributed by atoms with Crippen LogP contribution < -0.4 is 0 Å². The molecule has 2 aliphatic heterocycles. The molecule has 4 aromatic rings. The number of halogens is 3. The Balaban J connectivity index is 1.26. The first kappa shape index (κ1) is 31.4. The van der Waals surface area contributed by atoms with E-state index < -0.39 is 47.9 Å². The molecule has 0 radical (unpaired) electrons. The largest absolute Gasteiger partial charge is 0.416 e. The molecular weight excluding hydrogens is 601 g/mol. The highest BCUT2D eigenvalue weighted by Gasteiger charge is 2.51. The van der Waals surface area contributed by atoms with E-state index >= 15 is 0 Å². The maximum Gasteiger partial charge on any atom is 0.416 e. The van der Waals surface area contributed by atoms with Crippen LogP contribution in [0.3, 0.4) is 0 Å². The van der Waals surface area contributed by atoms with Gasteiger partial charge in [0.05, 0.1) is 18.8 Å². The van der Waals surface area contributed by atoms with Gasteiger partial charge in [-0.2, -0.15) is 13.2 Å². The third-order valence-electron chi connectivity index (χ3n) is 7.43. The van der Waals surface area contributed by atoms with Crippen LogP contribution in [0.4, 0.5) is 13.2 Å². The van der Waals surface area contributed by atoms with Gasteiger partial charge < -0.3 is 23.7 Å². The average Bonchev–Trinajstić information content (AvgIpc) is 3.07. The van der Waals surface area contributed by atoms with E-state index in [1.807, 2.05) is 91.0 Å². The summed E-state index contributed by atoms with van der Waals surface area (Å²) in [6.07, 6.45) is -7.07. The van der Waals surface area contributed by atoms with Crippen LogP contribution in [0.2, 0.25) is 0 Å². The third kappa shape index (κ3) is 8.16. The molecule has 6 rings (SSSR count). The van der Waals surface area contributed by atoms with Crippen molar-refractivity contribution < 1.29 is 36.9 Å². The minimum atomic E-state index is -4.40. The van der Waals surface area contributed by atoms with Crippen molar-refractivity contribution in [2.75, 3.05) is 13.2 Å². The van der Waals surface area contributed by atoms with Gasteiger partial charge in [-0.15, -0.1) is 0 Å². The van der Waals surface area contributed by atoms with Gasteiger partial charge in [-0.1, -0.05) is 102 Å². The van der Waals surface area contributed by atoms with Gasteiger partial charge in [-0.3, -0.25) is 0 Å². The van der Waals surface area contributed by atoms with Gasteiger partial charge in [0, 0.05) is 16.0 Å². The summed E-state index contributed by atoms with van der Waals surface area (Å²) in [6.45, 7) is 0.637. The van der Waals surface area contributed by atoms with Crippen molar-refractivity contribution in [3.05, 3.63) is 138 Å². The lowest BCUT2D eigenvalue weighted by molar-refractivity contribution is -0.328. The van der Waals surface area contributed by atoms with Crippen LogP contribution >= 0.6 is 11.8 Å². The van der Waals surface area contributed by atoms with Crippen LogP contribution in [0.15, 0.2) is 120 Å². The lowest BCUT2D eigenvalue weighted by Crippen LogP contribution is -2.62. The summed E-state index contributed by atoms with van der Waals surface area (Å²) >= 11 is 1.52. The highest BCUT2D eigenvalue weighted by atomic mass is 32.2. The highest BCUT2D eigenvalue weighted by molar-refractivity contribution is 7.99. The predicted octanol–water partition coefficient (Wildman–Crippen LogP) is 7.66. The van der Waals surface area contributed by atoms with Crippen molar-refractivity contribution in [2.45, 2.75) is 53.8 Å². The molecule has 0 N–H and O–H groups in total. The van der Waals surface area contributed by atoms with Crippen LogP contribution in [0.5, 0.6) is 0 Å². The standard InChI is InChI=1S/C36H31F3O5S/c37-36(38,39)28-20-18-25(19-21-28)13-10-22-40-33-32(41-23-26-11-4-1-5-12-26)31-30(43-35(33)45-29-16-8-3-9-17-29)24-42-34(44-31)27-14-6-2-7-15-27/h1-9,11-12,14-21,30-35H,22-24H2/t30-,31-,32+,33+,34-,35-/m1/s1. The van der Waals surface area contributed by atoms with Crippen LogP contribution in [-0.4, -0.2) is 43.1 Å². The number of hydrogen-bond donors (Lipinski definition) is 0. The predicted molar refractivity (Wildman–Crippen MR) is 164 cm³/mol. The number of thioether (sulfide) groups is 1. The van der Waals surface area contributed by atoms with Crippen LogP contribution in [0.1, 0.15) is 28.5 Å². The Morgan fingerprint density at radius 2 is 1.42 bits per heavy atom. The maximum atomic E-state index is 13.0. The normalized spacial score (nSPS) is 24.7. The molecule has 2 heterocycles. The summed E-state index contributed by atoms with van der Waals surface area (Å²) in [5.74, 6) is 5.86. The summed E-state index contributed by atoms with van der Waals surface area (Å²) in [5, 5.41) is 0. The topological polar surface area (TPSA) is 46.2 Å². The molecule has 9 heteroatoms. The zero-order valence-electron chi connectivity index (χ0n) is 24.1. The number of alkyl halides is 3. The lowest BCUT2D eigenvalue weighted by atomic mass is 9.98. The number of ether oxygens (including phenoxy) is 5. The third-order valence-corrected chi connectivity index (χ3v) is 8.59. The van der Waals surface area contributed by atoms with Gasteiger partial charge in [0.2, 0.25) is 0 Å². The van der Waals surface area contributed by atoms with Gasteiger partial charge in [-0.05, 0) is 42.0 Å². The van der Waals surface area contributed by atoms with Crippen LogP contribution in [0.25, 0.3) is 0 Å². The molecule has 0 bridgehead atoms. The summed E-state index contributed by atoms with van der Waals surface area (Å²) in [4.78, 5) is 0.993. The Kier molecular flexibility index (Phi) is 10.2. The van der Waals surface area contributed by atoms with Crippen molar-refractivity contribution in [1.82, 2.24) is 0 Å². The SMILES string of the molecule is FC(F)(F)c1ccc(C#CCO[C@H]2[C@@H](OCc3ccccc3)[C@@H]3O[C@H](c4ccccc4)OC[C@H]3O[C@@H]2Sc2ccccc2)cc1. The molecule has 0 saturated carbocycles. The summed E-state index contributed by atoms with van der Waals surface area (Å²) in [5.41, 5.74) is 1.14. The summed E-state index contributed by atoms with van der Waals surface area (Å²) in [6, 6.07) is 34.2. The Bertz CT molecular complexity index is 1560. The fraction of sp³-hybridized carbons (Fsp3) is 0.278. The quantitative estimate of drug-likeness (QED) is 0.186. The van der Waals surface area contributed by atoms with E-state index in [0.717, 1.165) is 28.2 Å². The molecule has 2 aliphatic rings. The van der Waals surface area contributed by atoms with Gasteiger partial charge in [-0.25, -0.2) is 0 Å². The molecule has 0 aromatic heterocycles. The molecule has 2 saturated heterocycles. The number of hydrogen-bond acceptors (Lipinski definition) is 6. The molecule has 0 spiro atoms. The molecule has 4 aromatic carbocycles. The molecule has 232 valence electrons. The van der Waals surface area contributed by atoms with Gasteiger partial charge >= 0.3 is 6.18 Å². The fourth-order valence-electron chi connectivity index (χ4n) is 5.21. The van der Waals surface area contributed by atoms with Gasteiger partial charge in [0.1, 0.15) is 36.5 Å². The molecule has 6 atom stereocenters. The lowest BCUT2D eigenvalue weighted by Gasteiger charge is -2.49. The van der Waals surface area contributed by atoms with Crippen molar-refractivity contribution in [3.63, 3.8) is 0 Å². The zero-order chi connectivity index (χ0) is 31.1. The van der Waals surface area contributed by atoms with Crippen molar-refractivity contribution in [1.29, 1.82) is 0 Å². The maximum absolute atomic E-state index is 13.0. The van der Waals surface area contributed by atoms with Crippen molar-refractivity contribution in [2.24, 2.45) is 0 Å². The first-order valence-corrected chi connectivity index (χ1v) is 15.4. The summed E-state index contributed by atoms with van der Waals surface area (Å²) in [7, 11) is 0. The zero-order valence-corrected chi connectivity index (χ0v) is 25.0. The van der Waals surface area contributed by atoms with Gasteiger partial charge in [0.15, 0.2) is 6.29 Å².